The summed E-state index contributed by atoms with van der Waals surface area (Å²) in [6.45, 7) is 2.92. The van der Waals surface area contributed by atoms with Gasteiger partial charge in [-0.15, -0.1) is 5.10 Å². The van der Waals surface area contributed by atoms with Crippen LogP contribution in [-0.2, 0) is 17.9 Å². The topological polar surface area (TPSA) is 82.4 Å². The highest BCUT2D eigenvalue weighted by atomic mass is 32.2. The SMILES string of the molecule is COc1cc(CN(C)C(=O)CSc2nnnn2-c2ccc(C)cc2)ccc1OCc1ccccc1. The minimum atomic E-state index is -0.0307. The largest absolute Gasteiger partial charge is 0.493 e. The van der Waals surface area contributed by atoms with Crippen LogP contribution in [0.15, 0.2) is 78.0 Å². The molecule has 0 radical (unpaired) electrons. The molecule has 1 heterocycles. The highest BCUT2D eigenvalue weighted by molar-refractivity contribution is 7.99. The van der Waals surface area contributed by atoms with E-state index in [0.29, 0.717) is 29.8 Å². The summed E-state index contributed by atoms with van der Waals surface area (Å²) in [6, 6.07) is 23.6. The van der Waals surface area contributed by atoms with E-state index in [0.717, 1.165) is 22.4 Å². The van der Waals surface area contributed by atoms with Crippen LogP contribution in [0.2, 0.25) is 0 Å². The van der Waals surface area contributed by atoms with Gasteiger partial charge in [0.05, 0.1) is 18.6 Å². The smallest absolute Gasteiger partial charge is 0.233 e. The fourth-order valence-electron chi connectivity index (χ4n) is 3.38. The van der Waals surface area contributed by atoms with Crippen LogP contribution in [0.5, 0.6) is 11.5 Å². The van der Waals surface area contributed by atoms with Gasteiger partial charge < -0.3 is 14.4 Å². The van der Waals surface area contributed by atoms with E-state index in [4.69, 9.17) is 9.47 Å². The van der Waals surface area contributed by atoms with Gasteiger partial charge in [-0.1, -0.05) is 65.9 Å². The molecule has 180 valence electrons. The Morgan fingerprint density at radius 3 is 2.51 bits per heavy atom. The molecule has 1 aromatic heterocycles. The van der Waals surface area contributed by atoms with E-state index >= 15 is 0 Å². The first-order valence-corrected chi connectivity index (χ1v) is 12.1. The molecule has 8 nitrogen and oxygen atoms in total. The molecule has 0 aliphatic rings. The van der Waals surface area contributed by atoms with Crippen molar-refractivity contribution in [3.63, 3.8) is 0 Å². The number of aromatic nitrogens is 4. The van der Waals surface area contributed by atoms with Gasteiger partial charge in [0, 0.05) is 13.6 Å². The van der Waals surface area contributed by atoms with E-state index in [-0.39, 0.29) is 11.7 Å². The first-order chi connectivity index (χ1) is 17.0. The number of carbonyl (C=O) groups is 1. The maximum atomic E-state index is 12.8. The van der Waals surface area contributed by atoms with Crippen molar-refractivity contribution in [2.24, 2.45) is 0 Å². The van der Waals surface area contributed by atoms with Gasteiger partial charge >= 0.3 is 0 Å². The van der Waals surface area contributed by atoms with Crippen LogP contribution in [0.3, 0.4) is 0 Å². The summed E-state index contributed by atoms with van der Waals surface area (Å²) in [4.78, 5) is 14.5. The summed E-state index contributed by atoms with van der Waals surface area (Å²) >= 11 is 1.31. The van der Waals surface area contributed by atoms with Crippen molar-refractivity contribution in [2.75, 3.05) is 19.9 Å². The van der Waals surface area contributed by atoms with Crippen molar-refractivity contribution in [3.8, 4) is 17.2 Å². The lowest BCUT2D eigenvalue weighted by atomic mass is 10.2. The van der Waals surface area contributed by atoms with E-state index in [2.05, 4.69) is 15.5 Å². The van der Waals surface area contributed by atoms with E-state index in [1.807, 2.05) is 79.7 Å². The summed E-state index contributed by atoms with van der Waals surface area (Å²) in [5.74, 6) is 1.48. The second kappa shape index (κ2) is 11.5. The Kier molecular flexibility index (Phi) is 7.99. The number of benzene rings is 3. The lowest BCUT2D eigenvalue weighted by molar-refractivity contribution is -0.127. The number of hydrogen-bond donors (Lipinski definition) is 0. The maximum Gasteiger partial charge on any atom is 0.233 e. The van der Waals surface area contributed by atoms with Crippen LogP contribution >= 0.6 is 11.8 Å². The summed E-state index contributed by atoms with van der Waals surface area (Å²) in [6.07, 6.45) is 0. The number of carbonyl (C=O) groups excluding carboxylic acids is 1. The monoisotopic (exact) mass is 489 g/mol. The molecule has 0 atom stereocenters. The second-order valence-corrected chi connectivity index (χ2v) is 8.95. The lowest BCUT2D eigenvalue weighted by Gasteiger charge is -2.18. The van der Waals surface area contributed by atoms with E-state index in [1.54, 1.807) is 23.7 Å². The molecule has 1 amide bonds. The zero-order valence-electron chi connectivity index (χ0n) is 19.9. The molecule has 0 aliphatic carbocycles. The van der Waals surface area contributed by atoms with Crippen molar-refractivity contribution in [1.82, 2.24) is 25.1 Å². The zero-order valence-corrected chi connectivity index (χ0v) is 20.7. The summed E-state index contributed by atoms with van der Waals surface area (Å²) in [5.41, 5.74) is 4.03. The quantitative estimate of drug-likeness (QED) is 0.307. The predicted octanol–water partition coefficient (Wildman–Crippen LogP) is 4.31. The van der Waals surface area contributed by atoms with Gasteiger partial charge in [0.1, 0.15) is 6.61 Å². The van der Waals surface area contributed by atoms with Crippen LogP contribution in [0, 0.1) is 6.92 Å². The van der Waals surface area contributed by atoms with Gasteiger partial charge in [-0.05, 0) is 52.7 Å². The fourth-order valence-corrected chi connectivity index (χ4v) is 4.21. The number of nitrogens with zero attached hydrogens (tertiary/aromatic N) is 5. The minimum Gasteiger partial charge on any atom is -0.493 e. The number of amides is 1. The number of ether oxygens (including phenoxy) is 2. The molecule has 3 aromatic carbocycles. The van der Waals surface area contributed by atoms with Crippen LogP contribution in [0.1, 0.15) is 16.7 Å². The molecule has 0 bridgehead atoms. The average Bonchev–Trinajstić information content (AvgIpc) is 3.36. The highest BCUT2D eigenvalue weighted by Crippen LogP contribution is 2.29. The first kappa shape index (κ1) is 24.3. The molecular formula is C26H27N5O3S. The molecule has 9 heteroatoms. The van der Waals surface area contributed by atoms with Gasteiger partial charge in [-0.25, -0.2) is 0 Å². The van der Waals surface area contributed by atoms with Gasteiger partial charge in [0.2, 0.25) is 11.1 Å². The molecule has 0 fully saturated rings. The Labute approximate surface area is 208 Å². The van der Waals surface area contributed by atoms with Gasteiger partial charge in [-0.2, -0.15) is 4.68 Å². The standard InChI is InChI=1S/C26H27N5O3S/c1-19-9-12-22(13-10-19)31-26(27-28-29-31)35-18-25(32)30(2)16-21-11-14-23(24(15-21)33-3)34-17-20-7-5-4-6-8-20/h4-15H,16-18H2,1-3H3. The van der Waals surface area contributed by atoms with Crippen LogP contribution in [-0.4, -0.2) is 50.9 Å². The molecule has 0 saturated carbocycles. The second-order valence-electron chi connectivity index (χ2n) is 8.01. The summed E-state index contributed by atoms with van der Waals surface area (Å²) < 4.78 is 13.1. The molecule has 0 spiro atoms. The molecule has 0 N–H and O–H groups in total. The molecule has 0 saturated heterocycles. The highest BCUT2D eigenvalue weighted by Gasteiger charge is 2.15. The Hall–Kier alpha value is -3.85. The Balaban J connectivity index is 1.34. The fraction of sp³-hybridized carbons (Fsp3) is 0.231. The Morgan fingerprint density at radius 2 is 1.77 bits per heavy atom. The first-order valence-electron chi connectivity index (χ1n) is 11.1. The normalized spacial score (nSPS) is 10.7. The van der Waals surface area contributed by atoms with Crippen molar-refractivity contribution < 1.29 is 14.3 Å². The number of methoxy groups -OCH3 is 1. The number of tetrazole rings is 1. The van der Waals surface area contributed by atoms with Crippen LogP contribution < -0.4 is 9.47 Å². The van der Waals surface area contributed by atoms with Crippen molar-refractivity contribution in [1.29, 1.82) is 0 Å². The van der Waals surface area contributed by atoms with E-state index in [9.17, 15) is 4.79 Å². The van der Waals surface area contributed by atoms with E-state index < -0.39 is 0 Å². The third-order valence-corrected chi connectivity index (χ3v) is 6.26. The molecule has 0 unspecified atom stereocenters. The molecular weight excluding hydrogens is 462 g/mol. The third-order valence-electron chi connectivity index (χ3n) is 5.35. The van der Waals surface area contributed by atoms with Crippen LogP contribution in [0.4, 0.5) is 0 Å². The van der Waals surface area contributed by atoms with Crippen molar-refractivity contribution in [2.45, 2.75) is 25.2 Å². The number of hydrogen-bond acceptors (Lipinski definition) is 7. The van der Waals surface area contributed by atoms with Crippen molar-refractivity contribution in [3.05, 3.63) is 89.5 Å². The number of rotatable bonds is 10. The maximum absolute atomic E-state index is 12.8. The predicted molar refractivity (Wildman–Crippen MR) is 135 cm³/mol. The van der Waals surface area contributed by atoms with Gasteiger partial charge in [0.15, 0.2) is 11.5 Å². The lowest BCUT2D eigenvalue weighted by Crippen LogP contribution is -2.28. The summed E-state index contributed by atoms with van der Waals surface area (Å²) in [5, 5.41) is 12.4. The molecule has 4 rings (SSSR count). The Bertz CT molecular complexity index is 1260. The molecule has 4 aromatic rings. The zero-order chi connectivity index (χ0) is 24.6. The van der Waals surface area contributed by atoms with E-state index in [1.165, 1.54) is 11.8 Å². The van der Waals surface area contributed by atoms with Crippen molar-refractivity contribution >= 4 is 17.7 Å². The van der Waals surface area contributed by atoms with Crippen LogP contribution in [0.25, 0.3) is 5.69 Å². The van der Waals surface area contributed by atoms with Gasteiger partial charge in [-0.3, -0.25) is 4.79 Å². The average molecular weight is 490 g/mol. The molecule has 0 aliphatic heterocycles. The number of thioether (sulfide) groups is 1. The minimum absolute atomic E-state index is 0.0307. The number of aryl methyl sites for hydroxylation is 1. The van der Waals surface area contributed by atoms with Gasteiger partial charge in [0.25, 0.3) is 0 Å². The Morgan fingerprint density at radius 1 is 1.00 bits per heavy atom. The molecule has 35 heavy (non-hydrogen) atoms. The third kappa shape index (κ3) is 6.39. The summed E-state index contributed by atoms with van der Waals surface area (Å²) in [7, 11) is 3.39.